The molecule has 2 atom stereocenters. The summed E-state index contributed by atoms with van der Waals surface area (Å²) in [6.45, 7) is 4.17. The number of carboxylic acid groups (broad SMARTS) is 1. The summed E-state index contributed by atoms with van der Waals surface area (Å²) in [6, 6.07) is 7.40. The molecule has 4 heteroatoms. The molecule has 1 aromatic carbocycles. The molecule has 4 nitrogen and oxygen atoms in total. The van der Waals surface area contributed by atoms with Crippen LogP contribution in [0.3, 0.4) is 0 Å². The van der Waals surface area contributed by atoms with Crippen LogP contribution in [0.25, 0.3) is 0 Å². The van der Waals surface area contributed by atoms with Gasteiger partial charge in [0, 0.05) is 0 Å². The van der Waals surface area contributed by atoms with E-state index in [1.165, 1.54) is 7.11 Å². The highest BCUT2D eigenvalue weighted by molar-refractivity contribution is 5.89. The first-order valence-corrected chi connectivity index (χ1v) is 8.29. The van der Waals surface area contributed by atoms with Gasteiger partial charge in [-0.15, -0.1) is 0 Å². The van der Waals surface area contributed by atoms with Gasteiger partial charge >= 0.3 is 11.9 Å². The Kier molecular flexibility index (Phi) is 5.45. The minimum absolute atomic E-state index is 0.241. The molecule has 126 valence electrons. The third-order valence-corrected chi connectivity index (χ3v) is 4.90. The van der Waals surface area contributed by atoms with E-state index in [0.29, 0.717) is 17.9 Å². The summed E-state index contributed by atoms with van der Waals surface area (Å²) >= 11 is 0. The standard InChI is InChI=1S/C19H26O4/c1-13(2)11-19(18(21)22)10-4-5-16(12-19)14-6-8-15(9-7-14)17(20)23-3/h6-9,13,16H,4-5,10-12H2,1-3H3,(H,21,22)/t16-,19-/m0/s1. The molecule has 0 spiro atoms. The van der Waals surface area contributed by atoms with Crippen molar-refractivity contribution >= 4 is 11.9 Å². The van der Waals surface area contributed by atoms with Crippen molar-refractivity contribution in [3.05, 3.63) is 35.4 Å². The van der Waals surface area contributed by atoms with Crippen molar-refractivity contribution in [2.24, 2.45) is 11.3 Å². The number of carbonyl (C=O) groups is 2. The van der Waals surface area contributed by atoms with Crippen LogP contribution < -0.4 is 0 Å². The first kappa shape index (κ1) is 17.5. The van der Waals surface area contributed by atoms with Crippen LogP contribution in [-0.2, 0) is 9.53 Å². The van der Waals surface area contributed by atoms with E-state index in [0.717, 1.165) is 31.2 Å². The highest BCUT2D eigenvalue weighted by Crippen LogP contribution is 2.47. The van der Waals surface area contributed by atoms with Crippen LogP contribution in [0.2, 0.25) is 0 Å². The minimum Gasteiger partial charge on any atom is -0.481 e. The van der Waals surface area contributed by atoms with Gasteiger partial charge in [0.25, 0.3) is 0 Å². The van der Waals surface area contributed by atoms with Gasteiger partial charge in [-0.3, -0.25) is 4.79 Å². The maximum absolute atomic E-state index is 11.9. The monoisotopic (exact) mass is 318 g/mol. The van der Waals surface area contributed by atoms with E-state index in [-0.39, 0.29) is 11.9 Å². The van der Waals surface area contributed by atoms with Gasteiger partial charge in [-0.2, -0.15) is 0 Å². The van der Waals surface area contributed by atoms with Gasteiger partial charge in [0.2, 0.25) is 0 Å². The van der Waals surface area contributed by atoms with Crippen LogP contribution >= 0.6 is 0 Å². The topological polar surface area (TPSA) is 63.6 Å². The minimum atomic E-state index is -0.665. The van der Waals surface area contributed by atoms with Crippen molar-refractivity contribution in [1.29, 1.82) is 0 Å². The molecule has 1 aliphatic rings. The first-order chi connectivity index (χ1) is 10.9. The zero-order chi connectivity index (χ0) is 17.0. The zero-order valence-electron chi connectivity index (χ0n) is 14.2. The van der Waals surface area contributed by atoms with E-state index >= 15 is 0 Å². The quantitative estimate of drug-likeness (QED) is 0.824. The van der Waals surface area contributed by atoms with Crippen LogP contribution in [-0.4, -0.2) is 24.2 Å². The number of methoxy groups -OCH3 is 1. The van der Waals surface area contributed by atoms with E-state index in [4.69, 9.17) is 4.74 Å². The molecule has 1 aliphatic carbocycles. The number of ether oxygens (including phenoxy) is 1. The Bertz CT molecular complexity index is 561. The summed E-state index contributed by atoms with van der Waals surface area (Å²) in [7, 11) is 1.37. The van der Waals surface area contributed by atoms with Gasteiger partial charge < -0.3 is 9.84 Å². The van der Waals surface area contributed by atoms with Crippen molar-refractivity contribution in [3.63, 3.8) is 0 Å². The normalized spacial score (nSPS) is 24.4. The van der Waals surface area contributed by atoms with Crippen molar-refractivity contribution in [3.8, 4) is 0 Å². The Labute approximate surface area is 137 Å². The number of hydrogen-bond donors (Lipinski definition) is 1. The second-order valence-corrected chi connectivity index (χ2v) is 7.09. The third-order valence-electron chi connectivity index (χ3n) is 4.90. The molecule has 0 radical (unpaired) electrons. The zero-order valence-corrected chi connectivity index (χ0v) is 14.2. The van der Waals surface area contributed by atoms with Crippen molar-refractivity contribution < 1.29 is 19.4 Å². The van der Waals surface area contributed by atoms with Crippen LogP contribution in [0.1, 0.15) is 67.8 Å². The Morgan fingerprint density at radius 3 is 2.48 bits per heavy atom. The summed E-state index contributed by atoms with van der Waals surface area (Å²) < 4.78 is 4.71. The number of carboxylic acids is 1. The van der Waals surface area contributed by atoms with Gasteiger partial charge in [-0.05, 0) is 55.2 Å². The summed E-state index contributed by atoms with van der Waals surface area (Å²) in [4.78, 5) is 23.4. The summed E-state index contributed by atoms with van der Waals surface area (Å²) in [5.41, 5.74) is 1.03. The van der Waals surface area contributed by atoms with E-state index in [9.17, 15) is 14.7 Å². The first-order valence-electron chi connectivity index (χ1n) is 8.29. The van der Waals surface area contributed by atoms with Gasteiger partial charge in [-0.1, -0.05) is 32.4 Å². The number of benzene rings is 1. The molecule has 0 unspecified atom stereocenters. The highest BCUT2D eigenvalue weighted by Gasteiger charge is 2.43. The third kappa shape index (κ3) is 3.92. The summed E-state index contributed by atoms with van der Waals surface area (Å²) in [5.74, 6) is -0.404. The average Bonchev–Trinajstić information content (AvgIpc) is 2.53. The molecule has 0 aliphatic heterocycles. The fourth-order valence-electron chi connectivity index (χ4n) is 3.90. The Morgan fingerprint density at radius 1 is 1.30 bits per heavy atom. The molecule has 0 heterocycles. The SMILES string of the molecule is COC(=O)c1ccc([C@H]2CCC[C@@](CC(C)C)(C(=O)O)C2)cc1. The Balaban J connectivity index is 2.19. The summed E-state index contributed by atoms with van der Waals surface area (Å²) in [6.07, 6.45) is 4.10. The van der Waals surface area contributed by atoms with Crippen molar-refractivity contribution in [2.75, 3.05) is 7.11 Å². The van der Waals surface area contributed by atoms with Crippen molar-refractivity contribution in [1.82, 2.24) is 0 Å². The van der Waals surface area contributed by atoms with E-state index < -0.39 is 11.4 Å². The van der Waals surface area contributed by atoms with E-state index in [1.54, 1.807) is 12.1 Å². The predicted octanol–water partition coefficient (Wildman–Crippen LogP) is 4.25. The lowest BCUT2D eigenvalue weighted by Crippen LogP contribution is -2.37. The molecule has 0 amide bonds. The molecule has 23 heavy (non-hydrogen) atoms. The van der Waals surface area contributed by atoms with E-state index in [1.807, 2.05) is 12.1 Å². The molecule has 1 aromatic rings. The van der Waals surface area contributed by atoms with Gasteiger partial charge in [0.1, 0.15) is 0 Å². The van der Waals surface area contributed by atoms with Crippen LogP contribution in [0, 0.1) is 11.3 Å². The van der Waals surface area contributed by atoms with Crippen LogP contribution in [0.4, 0.5) is 0 Å². The fourth-order valence-corrected chi connectivity index (χ4v) is 3.90. The predicted molar refractivity (Wildman–Crippen MR) is 88.5 cm³/mol. The largest absolute Gasteiger partial charge is 0.481 e. The van der Waals surface area contributed by atoms with Crippen molar-refractivity contribution in [2.45, 2.75) is 51.9 Å². The molecular weight excluding hydrogens is 292 g/mol. The van der Waals surface area contributed by atoms with Gasteiger partial charge in [0.15, 0.2) is 0 Å². The Morgan fingerprint density at radius 2 is 1.96 bits per heavy atom. The smallest absolute Gasteiger partial charge is 0.337 e. The lowest BCUT2D eigenvalue weighted by Gasteiger charge is -2.39. The molecule has 0 saturated heterocycles. The number of esters is 1. The maximum Gasteiger partial charge on any atom is 0.337 e. The molecule has 1 saturated carbocycles. The number of carbonyl (C=O) groups excluding carboxylic acids is 1. The van der Waals surface area contributed by atoms with Gasteiger partial charge in [-0.25, -0.2) is 4.79 Å². The molecular formula is C19H26O4. The Hall–Kier alpha value is -1.84. The van der Waals surface area contributed by atoms with Gasteiger partial charge in [0.05, 0.1) is 18.1 Å². The molecule has 1 N–H and O–H groups in total. The lowest BCUT2D eigenvalue weighted by atomic mass is 9.64. The maximum atomic E-state index is 11.9. The molecule has 2 rings (SSSR count). The van der Waals surface area contributed by atoms with Crippen LogP contribution in [0.15, 0.2) is 24.3 Å². The second-order valence-electron chi connectivity index (χ2n) is 7.09. The fraction of sp³-hybridized carbons (Fsp3) is 0.579. The molecule has 0 bridgehead atoms. The van der Waals surface area contributed by atoms with E-state index in [2.05, 4.69) is 13.8 Å². The second kappa shape index (κ2) is 7.16. The van der Waals surface area contributed by atoms with Crippen LogP contribution in [0.5, 0.6) is 0 Å². The number of aliphatic carboxylic acids is 1. The number of hydrogen-bond acceptors (Lipinski definition) is 3. The summed E-state index contributed by atoms with van der Waals surface area (Å²) in [5, 5.41) is 9.79. The number of rotatable bonds is 5. The molecule has 1 fully saturated rings. The lowest BCUT2D eigenvalue weighted by molar-refractivity contribution is -0.152. The highest BCUT2D eigenvalue weighted by atomic mass is 16.5. The average molecular weight is 318 g/mol. The molecule has 0 aromatic heterocycles.